The molecule has 1 fully saturated rings. The molecule has 1 saturated heterocycles. The van der Waals surface area contributed by atoms with Gasteiger partial charge in [-0.1, -0.05) is 0 Å². The number of thioether (sulfide) groups is 1. The molecule has 0 spiro atoms. The average Bonchev–Trinajstić information content (AvgIpc) is 2.49. The zero-order chi connectivity index (χ0) is 9.14. The summed E-state index contributed by atoms with van der Waals surface area (Å²) in [5, 5.41) is 4.22. The van der Waals surface area contributed by atoms with Crippen LogP contribution in [0, 0.1) is 0 Å². The first kappa shape index (κ1) is 10.4. The molecule has 12 heavy (non-hydrogen) atoms. The summed E-state index contributed by atoms with van der Waals surface area (Å²) in [6.45, 7) is 6.84. The smallest absolute Gasteiger partial charge is 0.0351 e. The van der Waals surface area contributed by atoms with Gasteiger partial charge >= 0.3 is 0 Å². The second kappa shape index (κ2) is 4.49. The Labute approximate surface area is 80.1 Å². The van der Waals surface area contributed by atoms with Crippen LogP contribution in [-0.4, -0.2) is 48.6 Å². The standard InChI is InChI=1S/C9H20N2S/c1-7(2)11(3)8-5-10-6-9(8)12-4/h7-10H,5-6H2,1-4H3. The molecule has 72 valence electrons. The van der Waals surface area contributed by atoms with Crippen molar-refractivity contribution in [2.45, 2.75) is 31.2 Å². The van der Waals surface area contributed by atoms with Crippen LogP contribution in [0.15, 0.2) is 0 Å². The van der Waals surface area contributed by atoms with E-state index >= 15 is 0 Å². The van der Waals surface area contributed by atoms with Gasteiger partial charge in [-0.15, -0.1) is 0 Å². The van der Waals surface area contributed by atoms with E-state index in [4.69, 9.17) is 0 Å². The first-order valence-electron chi connectivity index (χ1n) is 4.62. The van der Waals surface area contributed by atoms with Crippen LogP contribution in [0.3, 0.4) is 0 Å². The fraction of sp³-hybridized carbons (Fsp3) is 1.00. The van der Waals surface area contributed by atoms with Crippen molar-refractivity contribution < 1.29 is 0 Å². The van der Waals surface area contributed by atoms with Crippen molar-refractivity contribution in [3.63, 3.8) is 0 Å². The molecule has 0 aromatic carbocycles. The van der Waals surface area contributed by atoms with Gasteiger partial charge in [0.1, 0.15) is 0 Å². The second-order valence-corrected chi connectivity index (χ2v) is 4.84. The summed E-state index contributed by atoms with van der Waals surface area (Å²) in [7, 11) is 2.23. The van der Waals surface area contributed by atoms with Crippen LogP contribution in [0.2, 0.25) is 0 Å². The molecule has 0 radical (unpaired) electrons. The highest BCUT2D eigenvalue weighted by atomic mass is 32.2. The Morgan fingerprint density at radius 2 is 2.08 bits per heavy atom. The predicted molar refractivity (Wildman–Crippen MR) is 56.9 cm³/mol. The largest absolute Gasteiger partial charge is 0.314 e. The van der Waals surface area contributed by atoms with Gasteiger partial charge in [-0.05, 0) is 27.2 Å². The lowest BCUT2D eigenvalue weighted by molar-refractivity contribution is 0.211. The fourth-order valence-corrected chi connectivity index (χ4v) is 2.56. The van der Waals surface area contributed by atoms with E-state index in [-0.39, 0.29) is 0 Å². The van der Waals surface area contributed by atoms with Crippen LogP contribution in [0.4, 0.5) is 0 Å². The second-order valence-electron chi connectivity index (χ2n) is 3.76. The zero-order valence-electron chi connectivity index (χ0n) is 8.50. The number of nitrogens with zero attached hydrogens (tertiary/aromatic N) is 1. The van der Waals surface area contributed by atoms with Gasteiger partial charge in [0.2, 0.25) is 0 Å². The van der Waals surface area contributed by atoms with Crippen LogP contribution in [-0.2, 0) is 0 Å². The molecule has 0 bridgehead atoms. The number of hydrogen-bond acceptors (Lipinski definition) is 3. The lowest BCUT2D eigenvalue weighted by Crippen LogP contribution is -2.43. The summed E-state index contributed by atoms with van der Waals surface area (Å²) in [6.07, 6.45) is 2.21. The number of nitrogens with one attached hydrogen (secondary N) is 1. The Morgan fingerprint density at radius 1 is 1.42 bits per heavy atom. The molecule has 3 heteroatoms. The maximum absolute atomic E-state index is 3.45. The fourth-order valence-electron chi connectivity index (χ4n) is 1.67. The van der Waals surface area contributed by atoms with E-state index in [1.165, 1.54) is 6.54 Å². The van der Waals surface area contributed by atoms with Crippen molar-refractivity contribution >= 4 is 11.8 Å². The molecule has 2 unspecified atom stereocenters. The van der Waals surface area contributed by atoms with E-state index in [0.29, 0.717) is 6.04 Å². The maximum atomic E-state index is 3.45. The molecule has 0 saturated carbocycles. The van der Waals surface area contributed by atoms with Crippen molar-refractivity contribution in [3.05, 3.63) is 0 Å². The predicted octanol–water partition coefficient (Wildman–Crippen LogP) is 1.03. The SMILES string of the molecule is CSC1CNCC1N(C)C(C)C. The minimum atomic E-state index is 0.657. The highest BCUT2D eigenvalue weighted by molar-refractivity contribution is 7.99. The topological polar surface area (TPSA) is 15.3 Å². The van der Waals surface area contributed by atoms with Crippen molar-refractivity contribution in [2.75, 3.05) is 26.4 Å². The Morgan fingerprint density at radius 3 is 2.58 bits per heavy atom. The van der Waals surface area contributed by atoms with Crippen LogP contribution >= 0.6 is 11.8 Å². The minimum absolute atomic E-state index is 0.657. The summed E-state index contributed by atoms with van der Waals surface area (Å²) < 4.78 is 0. The van der Waals surface area contributed by atoms with E-state index in [1.807, 2.05) is 11.8 Å². The van der Waals surface area contributed by atoms with E-state index in [9.17, 15) is 0 Å². The summed E-state index contributed by atoms with van der Waals surface area (Å²) in [6, 6.07) is 1.38. The number of rotatable bonds is 3. The zero-order valence-corrected chi connectivity index (χ0v) is 9.32. The van der Waals surface area contributed by atoms with Crippen LogP contribution in [0.25, 0.3) is 0 Å². The van der Waals surface area contributed by atoms with Gasteiger partial charge in [-0.2, -0.15) is 11.8 Å². The van der Waals surface area contributed by atoms with Gasteiger partial charge in [0.25, 0.3) is 0 Å². The first-order valence-corrected chi connectivity index (χ1v) is 5.91. The molecule has 0 aromatic heterocycles. The normalized spacial score (nSPS) is 30.5. The molecular weight excluding hydrogens is 168 g/mol. The molecule has 1 aliphatic rings. The van der Waals surface area contributed by atoms with Crippen LogP contribution in [0.5, 0.6) is 0 Å². The Kier molecular flexibility index (Phi) is 3.87. The van der Waals surface area contributed by atoms with Crippen molar-refractivity contribution in [3.8, 4) is 0 Å². The Balaban J connectivity index is 2.49. The third kappa shape index (κ3) is 2.15. The highest BCUT2D eigenvalue weighted by Crippen LogP contribution is 2.20. The van der Waals surface area contributed by atoms with Gasteiger partial charge in [0.05, 0.1) is 0 Å². The summed E-state index contributed by atoms with van der Waals surface area (Å²) in [5.74, 6) is 0. The molecule has 1 heterocycles. The van der Waals surface area contributed by atoms with Gasteiger partial charge in [-0.25, -0.2) is 0 Å². The number of likely N-dealkylation sites (N-methyl/N-ethyl adjacent to an activating group) is 1. The third-order valence-corrected chi connectivity index (χ3v) is 3.85. The summed E-state index contributed by atoms with van der Waals surface area (Å²) >= 11 is 1.98. The lowest BCUT2D eigenvalue weighted by atomic mass is 10.2. The van der Waals surface area contributed by atoms with E-state index in [1.54, 1.807) is 0 Å². The summed E-state index contributed by atoms with van der Waals surface area (Å²) in [4.78, 5) is 2.47. The molecular formula is C9H20N2S. The molecule has 0 aromatic rings. The van der Waals surface area contributed by atoms with Crippen molar-refractivity contribution in [1.29, 1.82) is 0 Å². The molecule has 1 N–H and O–H groups in total. The quantitative estimate of drug-likeness (QED) is 0.712. The van der Waals surface area contributed by atoms with Crippen molar-refractivity contribution in [1.82, 2.24) is 10.2 Å². The first-order chi connectivity index (χ1) is 5.66. The van der Waals surface area contributed by atoms with E-state index in [0.717, 1.165) is 17.8 Å². The van der Waals surface area contributed by atoms with E-state index < -0.39 is 0 Å². The van der Waals surface area contributed by atoms with Gasteiger partial charge in [-0.3, -0.25) is 4.90 Å². The molecule has 2 atom stereocenters. The van der Waals surface area contributed by atoms with Crippen LogP contribution in [0.1, 0.15) is 13.8 Å². The molecule has 2 nitrogen and oxygen atoms in total. The van der Waals surface area contributed by atoms with Gasteiger partial charge < -0.3 is 5.32 Å². The minimum Gasteiger partial charge on any atom is -0.314 e. The maximum Gasteiger partial charge on any atom is 0.0351 e. The van der Waals surface area contributed by atoms with Crippen LogP contribution < -0.4 is 5.32 Å². The van der Waals surface area contributed by atoms with Gasteiger partial charge in [0.15, 0.2) is 0 Å². The van der Waals surface area contributed by atoms with E-state index in [2.05, 4.69) is 37.4 Å². The Hall–Kier alpha value is 0.270. The Bertz CT molecular complexity index is 138. The average molecular weight is 188 g/mol. The van der Waals surface area contributed by atoms with Gasteiger partial charge in [0, 0.05) is 30.4 Å². The number of hydrogen-bond donors (Lipinski definition) is 1. The van der Waals surface area contributed by atoms with Crippen molar-refractivity contribution in [2.24, 2.45) is 0 Å². The third-order valence-electron chi connectivity index (χ3n) is 2.77. The lowest BCUT2D eigenvalue weighted by Gasteiger charge is -2.31. The molecule has 1 aliphatic heterocycles. The molecule has 1 rings (SSSR count). The molecule has 0 amide bonds. The molecule has 0 aliphatic carbocycles. The highest BCUT2D eigenvalue weighted by Gasteiger charge is 2.30. The monoisotopic (exact) mass is 188 g/mol. The summed E-state index contributed by atoms with van der Waals surface area (Å²) in [5.41, 5.74) is 0.